The van der Waals surface area contributed by atoms with Crippen LogP contribution < -0.4 is 0 Å². The molecule has 0 radical (unpaired) electrons. The molecule has 11 heteroatoms. The van der Waals surface area contributed by atoms with Gasteiger partial charge in [-0.25, -0.2) is 0 Å². The third kappa shape index (κ3) is 11.5. The average Bonchev–Trinajstić information content (AvgIpc) is 2.82. The van der Waals surface area contributed by atoms with Gasteiger partial charge in [0.2, 0.25) is 12.4 Å². The molecule has 1 aliphatic rings. The minimum atomic E-state index is -1.48. The Morgan fingerprint density at radius 2 is 0.892 bits per heavy atom. The van der Waals surface area contributed by atoms with Crippen LogP contribution in [0.25, 0.3) is 0 Å². The number of carbonyl (C=O) groups is 5. The first-order chi connectivity index (χ1) is 17.7. The van der Waals surface area contributed by atoms with Crippen LogP contribution >= 0.6 is 0 Å². The molecule has 212 valence electrons. The SMILES string of the molecule is CCCC(=O)OCC1OC(OC(=O)CCC)C(OC(=O)CCC)C(OC(=O)CCC)C1OC(=O)CCC. The third-order valence-corrected chi connectivity index (χ3v) is 5.32. The second-order valence-electron chi connectivity index (χ2n) is 8.83. The molecule has 0 N–H and O–H groups in total. The quantitative estimate of drug-likeness (QED) is 0.214. The van der Waals surface area contributed by atoms with E-state index in [9.17, 15) is 24.0 Å². The van der Waals surface area contributed by atoms with Gasteiger partial charge in [-0.05, 0) is 32.1 Å². The third-order valence-electron chi connectivity index (χ3n) is 5.32. The molecule has 1 saturated heterocycles. The van der Waals surface area contributed by atoms with E-state index >= 15 is 0 Å². The van der Waals surface area contributed by atoms with Gasteiger partial charge in [0.15, 0.2) is 12.2 Å². The molecule has 11 nitrogen and oxygen atoms in total. The Morgan fingerprint density at radius 3 is 1.35 bits per heavy atom. The number of carbonyl (C=O) groups excluding carboxylic acids is 5. The molecule has 0 amide bonds. The van der Waals surface area contributed by atoms with Gasteiger partial charge in [0, 0.05) is 32.1 Å². The number of esters is 5. The smallest absolute Gasteiger partial charge is 0.308 e. The number of hydrogen-bond acceptors (Lipinski definition) is 11. The van der Waals surface area contributed by atoms with Crippen LogP contribution in [-0.4, -0.2) is 67.2 Å². The van der Waals surface area contributed by atoms with Crippen molar-refractivity contribution in [2.75, 3.05) is 6.61 Å². The van der Waals surface area contributed by atoms with Gasteiger partial charge in [-0.15, -0.1) is 0 Å². The molecule has 5 unspecified atom stereocenters. The molecular weight excluding hydrogens is 488 g/mol. The van der Waals surface area contributed by atoms with Crippen molar-refractivity contribution in [3.05, 3.63) is 0 Å². The number of ether oxygens (including phenoxy) is 6. The lowest BCUT2D eigenvalue weighted by Crippen LogP contribution is -2.63. The van der Waals surface area contributed by atoms with Crippen LogP contribution in [0.2, 0.25) is 0 Å². The molecule has 0 aliphatic carbocycles. The van der Waals surface area contributed by atoms with Gasteiger partial charge in [0.1, 0.15) is 12.7 Å². The Bertz CT molecular complexity index is 751. The van der Waals surface area contributed by atoms with Crippen molar-refractivity contribution >= 4 is 29.8 Å². The second kappa shape index (κ2) is 17.7. The maximum atomic E-state index is 12.6. The van der Waals surface area contributed by atoms with E-state index in [1.54, 1.807) is 27.7 Å². The van der Waals surface area contributed by atoms with Crippen LogP contribution in [0.15, 0.2) is 0 Å². The molecule has 0 aromatic carbocycles. The van der Waals surface area contributed by atoms with E-state index in [2.05, 4.69) is 0 Å². The fourth-order valence-electron chi connectivity index (χ4n) is 3.60. The van der Waals surface area contributed by atoms with Crippen LogP contribution in [0.4, 0.5) is 0 Å². The summed E-state index contributed by atoms with van der Waals surface area (Å²) in [6.07, 6.45) is -3.74. The van der Waals surface area contributed by atoms with Crippen LogP contribution in [-0.2, 0) is 52.4 Å². The highest BCUT2D eigenvalue weighted by molar-refractivity contribution is 5.72. The highest BCUT2D eigenvalue weighted by atomic mass is 16.7. The molecule has 37 heavy (non-hydrogen) atoms. The summed E-state index contributed by atoms with van der Waals surface area (Å²) in [7, 11) is 0. The normalized spacial score (nSPS) is 23.0. The lowest BCUT2D eigenvalue weighted by atomic mass is 9.97. The summed E-state index contributed by atoms with van der Waals surface area (Å²) in [6.45, 7) is 8.61. The summed E-state index contributed by atoms with van der Waals surface area (Å²) in [5.41, 5.74) is 0. The maximum Gasteiger partial charge on any atom is 0.308 e. The zero-order valence-electron chi connectivity index (χ0n) is 22.7. The Morgan fingerprint density at radius 1 is 0.514 bits per heavy atom. The molecule has 5 atom stereocenters. The largest absolute Gasteiger partial charge is 0.463 e. The zero-order chi connectivity index (χ0) is 27.8. The minimum absolute atomic E-state index is 0.0546. The van der Waals surface area contributed by atoms with Gasteiger partial charge >= 0.3 is 29.8 Å². The van der Waals surface area contributed by atoms with Crippen LogP contribution in [0.1, 0.15) is 98.8 Å². The summed E-state index contributed by atoms with van der Waals surface area (Å²) >= 11 is 0. The molecule has 0 saturated carbocycles. The van der Waals surface area contributed by atoms with Crippen molar-refractivity contribution in [1.82, 2.24) is 0 Å². The lowest BCUT2D eigenvalue weighted by molar-refractivity contribution is -0.301. The number of hydrogen-bond donors (Lipinski definition) is 0. The van der Waals surface area contributed by atoms with E-state index in [-0.39, 0.29) is 38.7 Å². The lowest BCUT2D eigenvalue weighted by Gasteiger charge is -2.44. The van der Waals surface area contributed by atoms with Crippen LogP contribution in [0, 0.1) is 0 Å². The Balaban J connectivity index is 3.45. The van der Waals surface area contributed by atoms with Crippen LogP contribution in [0.3, 0.4) is 0 Å². The Kier molecular flexibility index (Phi) is 15.5. The van der Waals surface area contributed by atoms with E-state index in [0.29, 0.717) is 32.1 Å². The second-order valence-corrected chi connectivity index (χ2v) is 8.83. The number of rotatable bonds is 16. The zero-order valence-corrected chi connectivity index (χ0v) is 22.7. The fourth-order valence-corrected chi connectivity index (χ4v) is 3.60. The van der Waals surface area contributed by atoms with E-state index in [4.69, 9.17) is 28.4 Å². The Labute approximate surface area is 218 Å². The molecular formula is C26H42O11. The first-order valence-electron chi connectivity index (χ1n) is 13.3. The van der Waals surface area contributed by atoms with Crippen LogP contribution in [0.5, 0.6) is 0 Å². The minimum Gasteiger partial charge on any atom is -0.463 e. The standard InChI is InChI=1S/C26H42O11/c1-6-11-18(27)32-16-17-23(34-19(28)12-7-2)24(35-20(29)13-8-3)25(36-21(30)14-9-4)26(33-17)37-22(31)15-10-5/h17,23-26H,6-16H2,1-5H3. The average molecular weight is 531 g/mol. The summed E-state index contributed by atoms with van der Waals surface area (Å²) in [4.78, 5) is 62.0. The molecule has 0 aromatic rings. The summed E-state index contributed by atoms with van der Waals surface area (Å²) in [6, 6.07) is 0. The molecule has 0 bridgehead atoms. The van der Waals surface area contributed by atoms with Crippen molar-refractivity contribution in [1.29, 1.82) is 0 Å². The molecule has 0 spiro atoms. The monoisotopic (exact) mass is 530 g/mol. The summed E-state index contributed by atoms with van der Waals surface area (Å²) in [5.74, 6) is -2.97. The molecule has 0 aromatic heterocycles. The Hall–Kier alpha value is -2.69. The van der Waals surface area contributed by atoms with Gasteiger partial charge in [0.05, 0.1) is 0 Å². The van der Waals surface area contributed by atoms with Gasteiger partial charge in [-0.1, -0.05) is 34.6 Å². The molecule has 1 aliphatic heterocycles. The summed E-state index contributed by atoms with van der Waals surface area (Å²) < 4.78 is 33.6. The predicted octanol–water partition coefficient (Wildman–Crippen LogP) is 3.53. The van der Waals surface area contributed by atoms with E-state index in [0.717, 1.165) is 0 Å². The highest BCUT2D eigenvalue weighted by Crippen LogP contribution is 2.31. The topological polar surface area (TPSA) is 141 Å². The molecule has 1 rings (SSSR count). The van der Waals surface area contributed by atoms with Crippen molar-refractivity contribution in [3.8, 4) is 0 Å². The van der Waals surface area contributed by atoms with Gasteiger partial charge < -0.3 is 28.4 Å². The van der Waals surface area contributed by atoms with Crippen molar-refractivity contribution in [3.63, 3.8) is 0 Å². The van der Waals surface area contributed by atoms with Gasteiger partial charge in [-0.2, -0.15) is 0 Å². The first-order valence-corrected chi connectivity index (χ1v) is 13.3. The van der Waals surface area contributed by atoms with Crippen molar-refractivity contribution in [2.24, 2.45) is 0 Å². The maximum absolute atomic E-state index is 12.6. The fraction of sp³-hybridized carbons (Fsp3) is 0.808. The summed E-state index contributed by atoms with van der Waals surface area (Å²) in [5, 5.41) is 0. The molecule has 1 heterocycles. The van der Waals surface area contributed by atoms with Crippen molar-refractivity contribution in [2.45, 2.75) is 130 Å². The van der Waals surface area contributed by atoms with Gasteiger partial charge in [-0.3, -0.25) is 24.0 Å². The van der Waals surface area contributed by atoms with E-state index in [1.165, 1.54) is 0 Å². The molecule has 1 fully saturated rings. The van der Waals surface area contributed by atoms with Crippen molar-refractivity contribution < 1.29 is 52.4 Å². The van der Waals surface area contributed by atoms with E-state index < -0.39 is 60.6 Å². The van der Waals surface area contributed by atoms with E-state index in [1.807, 2.05) is 6.92 Å². The predicted molar refractivity (Wildman–Crippen MR) is 130 cm³/mol. The highest BCUT2D eigenvalue weighted by Gasteiger charge is 2.54. The van der Waals surface area contributed by atoms with Gasteiger partial charge in [0.25, 0.3) is 0 Å². The first kappa shape index (κ1) is 32.3.